The molecule has 6 heteroatoms. The standard InChI is InChI=1S/C16H22N4O2/c1-11(2)15-8-13(22-20-15)9-18-16(17)19-14-7-5-4-6-12(14)10-21-3/h4-8,11H,9-10H2,1-3H3,(H3,17,18,19). The maximum absolute atomic E-state index is 5.92. The Kier molecular flexibility index (Phi) is 5.55. The Morgan fingerprint density at radius 2 is 2.18 bits per heavy atom. The fourth-order valence-corrected chi connectivity index (χ4v) is 1.94. The number of nitrogens with one attached hydrogen (secondary N) is 1. The average Bonchev–Trinajstić information content (AvgIpc) is 2.97. The SMILES string of the molecule is COCc1ccccc1NC(N)=NCc1cc(C(C)C)no1. The molecule has 0 aliphatic rings. The normalized spacial score (nSPS) is 11.9. The smallest absolute Gasteiger partial charge is 0.193 e. The van der Waals surface area contributed by atoms with E-state index in [0.29, 0.717) is 30.8 Å². The van der Waals surface area contributed by atoms with Crippen molar-refractivity contribution in [3.63, 3.8) is 0 Å². The lowest BCUT2D eigenvalue weighted by Crippen LogP contribution is -2.23. The van der Waals surface area contributed by atoms with Gasteiger partial charge in [-0.25, -0.2) is 4.99 Å². The average molecular weight is 302 g/mol. The molecular formula is C16H22N4O2. The molecule has 1 aromatic carbocycles. The molecule has 0 atom stereocenters. The van der Waals surface area contributed by atoms with E-state index >= 15 is 0 Å². The summed E-state index contributed by atoms with van der Waals surface area (Å²) in [5, 5.41) is 7.07. The number of methoxy groups -OCH3 is 1. The summed E-state index contributed by atoms with van der Waals surface area (Å²) in [7, 11) is 1.66. The fraction of sp³-hybridized carbons (Fsp3) is 0.375. The first-order valence-electron chi connectivity index (χ1n) is 7.19. The topological polar surface area (TPSA) is 85.7 Å². The summed E-state index contributed by atoms with van der Waals surface area (Å²) in [5.74, 6) is 1.35. The maximum Gasteiger partial charge on any atom is 0.193 e. The van der Waals surface area contributed by atoms with E-state index in [2.05, 4.69) is 29.3 Å². The van der Waals surface area contributed by atoms with Gasteiger partial charge in [-0.3, -0.25) is 0 Å². The Bertz CT molecular complexity index is 635. The number of rotatable bonds is 6. The maximum atomic E-state index is 5.92. The number of nitrogens with two attached hydrogens (primary N) is 1. The highest BCUT2D eigenvalue weighted by Crippen LogP contribution is 2.16. The van der Waals surface area contributed by atoms with Crippen LogP contribution in [0.5, 0.6) is 0 Å². The van der Waals surface area contributed by atoms with E-state index in [9.17, 15) is 0 Å². The monoisotopic (exact) mass is 302 g/mol. The largest absolute Gasteiger partial charge is 0.380 e. The third-order valence-corrected chi connectivity index (χ3v) is 3.15. The molecule has 0 saturated carbocycles. The van der Waals surface area contributed by atoms with Gasteiger partial charge in [0.05, 0.1) is 12.3 Å². The molecule has 0 spiro atoms. The molecule has 0 saturated heterocycles. The number of hydrogen-bond donors (Lipinski definition) is 2. The van der Waals surface area contributed by atoms with Crippen molar-refractivity contribution in [3.05, 3.63) is 47.3 Å². The number of anilines is 1. The molecule has 2 rings (SSSR count). The summed E-state index contributed by atoms with van der Waals surface area (Å²) < 4.78 is 10.4. The lowest BCUT2D eigenvalue weighted by molar-refractivity contribution is 0.185. The van der Waals surface area contributed by atoms with Gasteiger partial charge >= 0.3 is 0 Å². The molecule has 2 aromatic rings. The number of hydrogen-bond acceptors (Lipinski definition) is 4. The molecule has 22 heavy (non-hydrogen) atoms. The minimum Gasteiger partial charge on any atom is -0.380 e. The van der Waals surface area contributed by atoms with Gasteiger partial charge in [-0.05, 0) is 12.0 Å². The van der Waals surface area contributed by atoms with E-state index in [1.165, 1.54) is 0 Å². The molecule has 0 unspecified atom stereocenters. The van der Waals surface area contributed by atoms with E-state index in [4.69, 9.17) is 15.0 Å². The van der Waals surface area contributed by atoms with Gasteiger partial charge in [0.15, 0.2) is 11.7 Å². The Morgan fingerprint density at radius 3 is 2.86 bits per heavy atom. The van der Waals surface area contributed by atoms with Crippen molar-refractivity contribution in [1.82, 2.24) is 5.16 Å². The van der Waals surface area contributed by atoms with Crippen LogP contribution in [0.15, 0.2) is 39.8 Å². The summed E-state index contributed by atoms with van der Waals surface area (Å²) in [6.45, 7) is 4.99. The van der Waals surface area contributed by atoms with Crippen molar-refractivity contribution in [3.8, 4) is 0 Å². The van der Waals surface area contributed by atoms with Gasteiger partial charge in [0.25, 0.3) is 0 Å². The number of nitrogens with zero attached hydrogens (tertiary/aromatic N) is 2. The first kappa shape index (κ1) is 16.0. The van der Waals surface area contributed by atoms with E-state index in [1.54, 1.807) is 7.11 Å². The molecule has 0 amide bonds. The van der Waals surface area contributed by atoms with E-state index in [-0.39, 0.29) is 0 Å². The van der Waals surface area contributed by atoms with Gasteiger partial charge in [0, 0.05) is 24.4 Å². The molecule has 0 aliphatic carbocycles. The Balaban J connectivity index is 2.00. The Hall–Kier alpha value is -2.34. The third-order valence-electron chi connectivity index (χ3n) is 3.15. The van der Waals surface area contributed by atoms with E-state index in [0.717, 1.165) is 16.9 Å². The highest BCUT2D eigenvalue weighted by molar-refractivity contribution is 5.92. The van der Waals surface area contributed by atoms with Crippen LogP contribution in [0, 0.1) is 0 Å². The van der Waals surface area contributed by atoms with Crippen molar-refractivity contribution in [2.75, 3.05) is 12.4 Å². The summed E-state index contributed by atoms with van der Waals surface area (Å²) in [6.07, 6.45) is 0. The predicted molar refractivity (Wildman–Crippen MR) is 86.7 cm³/mol. The lowest BCUT2D eigenvalue weighted by Gasteiger charge is -2.10. The number of aliphatic imine (C=N–C) groups is 1. The van der Waals surface area contributed by atoms with Gasteiger partial charge in [-0.1, -0.05) is 37.2 Å². The zero-order chi connectivity index (χ0) is 15.9. The fourth-order valence-electron chi connectivity index (χ4n) is 1.94. The predicted octanol–water partition coefficient (Wildman–Crippen LogP) is 2.87. The molecule has 0 bridgehead atoms. The van der Waals surface area contributed by atoms with Gasteiger partial charge in [0.1, 0.15) is 6.54 Å². The molecule has 3 N–H and O–H groups in total. The Morgan fingerprint density at radius 1 is 1.41 bits per heavy atom. The summed E-state index contributed by atoms with van der Waals surface area (Å²) in [5.41, 5.74) is 8.74. The number of para-hydroxylation sites is 1. The van der Waals surface area contributed by atoms with Gasteiger partial charge < -0.3 is 20.3 Å². The number of aromatic nitrogens is 1. The van der Waals surface area contributed by atoms with Crippen molar-refractivity contribution < 1.29 is 9.26 Å². The van der Waals surface area contributed by atoms with Crippen molar-refractivity contribution >= 4 is 11.6 Å². The highest BCUT2D eigenvalue weighted by atomic mass is 16.5. The van der Waals surface area contributed by atoms with Crippen LogP contribution < -0.4 is 11.1 Å². The zero-order valence-corrected chi connectivity index (χ0v) is 13.2. The number of benzene rings is 1. The summed E-state index contributed by atoms with van der Waals surface area (Å²) >= 11 is 0. The highest BCUT2D eigenvalue weighted by Gasteiger charge is 2.07. The van der Waals surface area contributed by atoms with Crippen LogP contribution in [0.25, 0.3) is 0 Å². The first-order valence-corrected chi connectivity index (χ1v) is 7.19. The van der Waals surface area contributed by atoms with Crippen LogP contribution in [0.3, 0.4) is 0 Å². The van der Waals surface area contributed by atoms with Gasteiger partial charge in [-0.15, -0.1) is 0 Å². The van der Waals surface area contributed by atoms with E-state index < -0.39 is 0 Å². The molecule has 118 valence electrons. The van der Waals surface area contributed by atoms with Crippen molar-refractivity contribution in [1.29, 1.82) is 0 Å². The second kappa shape index (κ2) is 7.61. The van der Waals surface area contributed by atoms with Crippen LogP contribution in [-0.4, -0.2) is 18.2 Å². The molecule has 0 fully saturated rings. The Labute approximate surface area is 130 Å². The molecule has 0 radical (unpaired) electrons. The molecule has 0 aliphatic heterocycles. The van der Waals surface area contributed by atoms with Crippen molar-refractivity contribution in [2.45, 2.75) is 32.9 Å². The van der Waals surface area contributed by atoms with Gasteiger partial charge in [-0.2, -0.15) is 0 Å². The minimum atomic E-state index is 0.325. The summed E-state index contributed by atoms with van der Waals surface area (Å²) in [4.78, 5) is 4.27. The molecule has 1 heterocycles. The lowest BCUT2D eigenvalue weighted by atomic mass is 10.1. The van der Waals surface area contributed by atoms with Crippen LogP contribution >= 0.6 is 0 Å². The molecule has 6 nitrogen and oxygen atoms in total. The minimum absolute atomic E-state index is 0.325. The quantitative estimate of drug-likeness (QED) is 0.633. The van der Waals surface area contributed by atoms with Crippen molar-refractivity contribution in [2.24, 2.45) is 10.7 Å². The van der Waals surface area contributed by atoms with Crippen LogP contribution in [0.2, 0.25) is 0 Å². The van der Waals surface area contributed by atoms with Crippen LogP contribution in [-0.2, 0) is 17.9 Å². The second-order valence-corrected chi connectivity index (χ2v) is 5.29. The molecule has 1 aromatic heterocycles. The summed E-state index contributed by atoms with van der Waals surface area (Å²) in [6, 6.07) is 9.70. The number of ether oxygens (including phenoxy) is 1. The number of guanidine groups is 1. The molecular weight excluding hydrogens is 280 g/mol. The first-order chi connectivity index (χ1) is 10.6. The second-order valence-electron chi connectivity index (χ2n) is 5.29. The van der Waals surface area contributed by atoms with Crippen LogP contribution in [0.1, 0.15) is 36.8 Å². The van der Waals surface area contributed by atoms with E-state index in [1.807, 2.05) is 30.3 Å². The third kappa shape index (κ3) is 4.33. The zero-order valence-electron chi connectivity index (χ0n) is 13.2. The van der Waals surface area contributed by atoms with Crippen LogP contribution in [0.4, 0.5) is 5.69 Å². The van der Waals surface area contributed by atoms with Gasteiger partial charge in [0.2, 0.25) is 0 Å².